The van der Waals surface area contributed by atoms with Crippen molar-refractivity contribution in [3.63, 3.8) is 0 Å². The number of carbonyl (C=O) groups excluding carboxylic acids is 1. The van der Waals surface area contributed by atoms with Crippen molar-refractivity contribution >= 4 is 23.3 Å². The van der Waals surface area contributed by atoms with E-state index in [1.807, 2.05) is 0 Å². The van der Waals surface area contributed by atoms with Crippen molar-refractivity contribution < 1.29 is 18.8 Å². The number of carbonyl (C=O) groups is 1. The van der Waals surface area contributed by atoms with E-state index in [9.17, 15) is 4.79 Å². The number of unbranched alkanes of at least 4 members (excludes halogenated alkanes) is 3. The molecule has 0 saturated heterocycles. The lowest BCUT2D eigenvalue weighted by Gasteiger charge is -2.47. The predicted molar refractivity (Wildman–Crippen MR) is 113 cm³/mol. The number of ether oxygens (including phenoxy) is 2. The summed E-state index contributed by atoms with van der Waals surface area (Å²) in [4.78, 5) is 11.8. The first kappa shape index (κ1) is 22.8. The molecule has 0 fully saturated rings. The Morgan fingerprint density at radius 1 is 1.29 bits per heavy atom. The molecule has 0 saturated carbocycles. The zero-order valence-corrected chi connectivity index (χ0v) is 19.1. The molecular weight excluding hydrogens is 374 g/mol. The van der Waals surface area contributed by atoms with Gasteiger partial charge in [-0.15, -0.1) is 4.37 Å². The second kappa shape index (κ2) is 9.83. The minimum atomic E-state index is -0.234. The Balaban J connectivity index is 2.13. The van der Waals surface area contributed by atoms with Gasteiger partial charge in [-0.3, -0.25) is 9.28 Å². The average Bonchev–Trinajstić information content (AvgIpc) is 3.07. The molecule has 2 atom stereocenters. The number of esters is 1. The third-order valence-electron chi connectivity index (χ3n) is 5.15. The van der Waals surface area contributed by atoms with Crippen molar-refractivity contribution in [2.24, 2.45) is 5.41 Å². The maximum absolute atomic E-state index is 11.8. The zero-order valence-electron chi connectivity index (χ0n) is 18.3. The maximum Gasteiger partial charge on any atom is 0.307 e. The second-order valence-electron chi connectivity index (χ2n) is 9.03. The van der Waals surface area contributed by atoms with Gasteiger partial charge in [-0.05, 0) is 6.42 Å². The van der Waals surface area contributed by atoms with Gasteiger partial charge in [-0.1, -0.05) is 53.0 Å². The van der Waals surface area contributed by atoms with Crippen LogP contribution in [0.3, 0.4) is 0 Å². The fraction of sp³-hybridized carbons (Fsp3) is 0.762. The number of quaternary nitrogens is 1. The SMILES string of the molecule is CCCCCCOc1nsnc1C1=CCC[N+](C)(C(OC(C)=O)C(C)(C)C)C1. The molecule has 1 aromatic rings. The van der Waals surface area contributed by atoms with Crippen molar-refractivity contribution in [3.05, 3.63) is 11.8 Å². The highest BCUT2D eigenvalue weighted by Gasteiger charge is 2.45. The fourth-order valence-electron chi connectivity index (χ4n) is 4.00. The molecule has 1 aliphatic rings. The fourth-order valence-corrected chi connectivity index (χ4v) is 4.53. The minimum Gasteiger partial charge on any atom is -0.475 e. The van der Waals surface area contributed by atoms with Crippen LogP contribution in [0.15, 0.2) is 6.08 Å². The average molecular weight is 411 g/mol. The van der Waals surface area contributed by atoms with Gasteiger partial charge in [0.05, 0.1) is 37.3 Å². The van der Waals surface area contributed by atoms with Crippen LogP contribution < -0.4 is 4.74 Å². The minimum absolute atomic E-state index is 0.165. The number of hydrogen-bond donors (Lipinski definition) is 0. The van der Waals surface area contributed by atoms with Gasteiger partial charge in [0, 0.05) is 18.9 Å². The first-order valence-electron chi connectivity index (χ1n) is 10.3. The monoisotopic (exact) mass is 410 g/mol. The Bertz CT molecular complexity index is 681. The van der Waals surface area contributed by atoms with Crippen molar-refractivity contribution in [1.29, 1.82) is 0 Å². The molecule has 0 amide bonds. The lowest BCUT2D eigenvalue weighted by Crippen LogP contribution is -2.61. The van der Waals surface area contributed by atoms with Gasteiger partial charge < -0.3 is 9.47 Å². The van der Waals surface area contributed by atoms with Crippen LogP contribution in [0.4, 0.5) is 0 Å². The van der Waals surface area contributed by atoms with Crippen molar-refractivity contribution in [2.75, 3.05) is 26.7 Å². The van der Waals surface area contributed by atoms with Crippen molar-refractivity contribution in [1.82, 2.24) is 8.75 Å². The molecule has 0 N–H and O–H groups in total. The summed E-state index contributed by atoms with van der Waals surface area (Å²) in [6.45, 7) is 12.4. The zero-order chi connectivity index (χ0) is 20.8. The molecule has 6 nitrogen and oxygen atoms in total. The third kappa shape index (κ3) is 6.01. The van der Waals surface area contributed by atoms with Gasteiger partial charge in [0.15, 0.2) is 0 Å². The van der Waals surface area contributed by atoms with Crippen LogP contribution >= 0.6 is 11.7 Å². The molecule has 1 aliphatic heterocycles. The Morgan fingerprint density at radius 2 is 2.04 bits per heavy atom. The van der Waals surface area contributed by atoms with Gasteiger partial charge in [0.25, 0.3) is 5.88 Å². The van der Waals surface area contributed by atoms with Crippen LogP contribution in [-0.4, -0.2) is 52.2 Å². The lowest BCUT2D eigenvalue weighted by atomic mass is 9.90. The van der Waals surface area contributed by atoms with Crippen LogP contribution in [0.25, 0.3) is 5.57 Å². The van der Waals surface area contributed by atoms with Crippen LogP contribution in [0.1, 0.15) is 72.4 Å². The number of rotatable bonds is 9. The van der Waals surface area contributed by atoms with E-state index in [1.165, 1.54) is 37.9 Å². The van der Waals surface area contributed by atoms with Gasteiger partial charge in [-0.25, -0.2) is 0 Å². The maximum atomic E-state index is 11.8. The summed E-state index contributed by atoms with van der Waals surface area (Å²) in [6.07, 6.45) is 7.58. The van der Waals surface area contributed by atoms with Gasteiger partial charge >= 0.3 is 5.97 Å². The van der Waals surface area contributed by atoms with Gasteiger partial charge in [0.1, 0.15) is 12.2 Å². The van der Waals surface area contributed by atoms with Gasteiger partial charge in [0.2, 0.25) is 6.23 Å². The normalized spacial score (nSPS) is 21.1. The Morgan fingerprint density at radius 3 is 2.68 bits per heavy atom. The van der Waals surface area contributed by atoms with Gasteiger partial charge in [-0.2, -0.15) is 4.37 Å². The standard InChI is InChI=1S/C21H36N3O3S/c1-7-8-9-10-14-26-19-18(22-28-23-19)17-12-11-13-24(6,15-17)20(21(3,4)5)27-16(2)25/h12,20H,7-11,13-15H2,1-6H3/q+1. The van der Waals surface area contributed by atoms with E-state index >= 15 is 0 Å². The first-order valence-corrected chi connectivity index (χ1v) is 11.1. The molecule has 0 aliphatic carbocycles. The van der Waals surface area contributed by atoms with Crippen LogP contribution in [0.5, 0.6) is 5.88 Å². The third-order valence-corrected chi connectivity index (χ3v) is 5.66. The molecule has 0 aromatic carbocycles. The quantitative estimate of drug-likeness (QED) is 0.336. The predicted octanol–water partition coefficient (Wildman–Crippen LogP) is 4.67. The summed E-state index contributed by atoms with van der Waals surface area (Å²) >= 11 is 1.19. The molecular formula is C21H36N3O3S+. The van der Waals surface area contributed by atoms with E-state index in [0.717, 1.165) is 37.2 Å². The van der Waals surface area contributed by atoms with E-state index in [4.69, 9.17) is 9.47 Å². The molecule has 2 rings (SSSR count). The summed E-state index contributed by atoms with van der Waals surface area (Å²) in [5, 5.41) is 0. The van der Waals surface area contributed by atoms with Crippen molar-refractivity contribution in [2.45, 2.75) is 73.0 Å². The van der Waals surface area contributed by atoms with E-state index in [-0.39, 0.29) is 17.6 Å². The van der Waals surface area contributed by atoms with Crippen LogP contribution in [0, 0.1) is 5.41 Å². The topological polar surface area (TPSA) is 61.3 Å². The van der Waals surface area contributed by atoms with Crippen molar-refractivity contribution in [3.8, 4) is 5.88 Å². The Hall–Kier alpha value is -1.47. The largest absolute Gasteiger partial charge is 0.475 e. The molecule has 2 heterocycles. The summed E-state index contributed by atoms with van der Waals surface area (Å²) < 4.78 is 21.3. The molecule has 2 unspecified atom stereocenters. The number of hydrogen-bond acceptors (Lipinski definition) is 6. The molecule has 0 spiro atoms. The highest BCUT2D eigenvalue weighted by molar-refractivity contribution is 6.99. The summed E-state index contributed by atoms with van der Waals surface area (Å²) in [6, 6.07) is 0. The van der Waals surface area contributed by atoms with E-state index < -0.39 is 0 Å². The molecule has 158 valence electrons. The van der Waals surface area contributed by atoms with Crippen LogP contribution in [-0.2, 0) is 9.53 Å². The second-order valence-corrected chi connectivity index (χ2v) is 9.56. The first-order chi connectivity index (χ1) is 13.2. The summed E-state index contributed by atoms with van der Waals surface area (Å²) in [7, 11) is 2.16. The molecule has 7 heteroatoms. The number of likely N-dealkylation sites (N-methyl/N-ethyl adjacent to an activating group) is 1. The lowest BCUT2D eigenvalue weighted by molar-refractivity contribution is -0.954. The number of aromatic nitrogens is 2. The molecule has 1 aromatic heterocycles. The van der Waals surface area contributed by atoms with E-state index in [0.29, 0.717) is 17.0 Å². The summed E-state index contributed by atoms with van der Waals surface area (Å²) in [5.74, 6) is 0.405. The highest BCUT2D eigenvalue weighted by Crippen LogP contribution is 2.36. The Labute approximate surface area is 173 Å². The Kier molecular flexibility index (Phi) is 8.01. The molecule has 0 radical (unpaired) electrons. The van der Waals surface area contributed by atoms with Crippen LogP contribution in [0.2, 0.25) is 0 Å². The van der Waals surface area contributed by atoms with E-state index in [2.05, 4.69) is 49.6 Å². The number of nitrogens with zero attached hydrogens (tertiary/aromatic N) is 3. The highest BCUT2D eigenvalue weighted by atomic mass is 32.1. The van der Waals surface area contributed by atoms with E-state index in [1.54, 1.807) is 0 Å². The molecule has 0 bridgehead atoms. The summed E-state index contributed by atoms with van der Waals surface area (Å²) in [5.41, 5.74) is 1.81. The molecule has 28 heavy (non-hydrogen) atoms. The smallest absolute Gasteiger partial charge is 0.307 e.